The maximum atomic E-state index is 13.5. The molecule has 1 aliphatic heterocycles. The van der Waals surface area contributed by atoms with Gasteiger partial charge in [0, 0.05) is 49.8 Å². The molecule has 1 saturated heterocycles. The Hall–Kier alpha value is -4.98. The van der Waals surface area contributed by atoms with Crippen LogP contribution in [0.25, 0.3) is 0 Å². The van der Waals surface area contributed by atoms with E-state index in [1.54, 1.807) is 13.2 Å². The number of benzene rings is 4. The van der Waals surface area contributed by atoms with Gasteiger partial charge in [-0.25, -0.2) is 4.79 Å². The van der Waals surface area contributed by atoms with Gasteiger partial charge in [0.05, 0.1) is 18.4 Å². The van der Waals surface area contributed by atoms with Crippen LogP contribution in [-0.2, 0) is 6.42 Å². The summed E-state index contributed by atoms with van der Waals surface area (Å²) < 4.78 is 5.56. The Bertz CT molecular complexity index is 1450. The molecule has 3 N–H and O–H groups in total. The van der Waals surface area contributed by atoms with Crippen LogP contribution in [0.3, 0.4) is 0 Å². The van der Waals surface area contributed by atoms with Crippen molar-refractivity contribution in [1.29, 1.82) is 0 Å². The Labute approximate surface area is 240 Å². The van der Waals surface area contributed by atoms with E-state index < -0.39 is 0 Å². The molecule has 0 unspecified atom stereocenters. The smallest absolute Gasteiger partial charge is 0.323 e. The predicted octanol–water partition coefficient (Wildman–Crippen LogP) is 5.64. The van der Waals surface area contributed by atoms with Crippen LogP contribution in [0.4, 0.5) is 27.5 Å². The van der Waals surface area contributed by atoms with Crippen LogP contribution < -0.4 is 30.5 Å². The number of rotatable bonds is 9. The van der Waals surface area contributed by atoms with E-state index in [4.69, 9.17) is 4.74 Å². The van der Waals surface area contributed by atoms with Gasteiger partial charge in [0.15, 0.2) is 0 Å². The summed E-state index contributed by atoms with van der Waals surface area (Å²) >= 11 is 0. The first kappa shape index (κ1) is 27.6. The van der Waals surface area contributed by atoms with E-state index in [1.165, 1.54) is 0 Å². The normalized spacial score (nSPS) is 12.9. The molecular weight excluding hydrogens is 514 g/mol. The van der Waals surface area contributed by atoms with Gasteiger partial charge in [0.25, 0.3) is 5.91 Å². The summed E-state index contributed by atoms with van der Waals surface area (Å²) in [7, 11) is 1.69. The standard InChI is InChI=1S/C33H35N5O3/c1-41-31-15-9-8-14-30(31)38-22-20-37(21-23-38)29-17-16-27(36-33(40)35-26-12-6-3-7-13-26)24-28(29)32(39)34-19-18-25-10-4-2-5-11-25/h2-17,24H,18-23H2,1H3,(H,34,39)(H2,35,36,40). The van der Waals surface area contributed by atoms with E-state index in [1.807, 2.05) is 78.9 Å². The fraction of sp³-hybridized carbons (Fsp3) is 0.212. The average molecular weight is 550 g/mol. The summed E-state index contributed by atoms with van der Waals surface area (Å²) in [5, 5.41) is 8.77. The lowest BCUT2D eigenvalue weighted by atomic mass is 10.1. The quantitative estimate of drug-likeness (QED) is 0.252. The van der Waals surface area contributed by atoms with Gasteiger partial charge in [-0.15, -0.1) is 0 Å². The molecule has 0 bridgehead atoms. The highest BCUT2D eigenvalue weighted by Gasteiger charge is 2.24. The van der Waals surface area contributed by atoms with Crippen molar-refractivity contribution in [2.75, 3.05) is 60.3 Å². The summed E-state index contributed by atoms with van der Waals surface area (Å²) in [5.74, 6) is 0.679. The van der Waals surface area contributed by atoms with Crippen molar-refractivity contribution in [1.82, 2.24) is 5.32 Å². The van der Waals surface area contributed by atoms with Gasteiger partial charge >= 0.3 is 6.03 Å². The van der Waals surface area contributed by atoms with Gasteiger partial charge in [-0.1, -0.05) is 60.7 Å². The van der Waals surface area contributed by atoms with Crippen molar-refractivity contribution in [3.8, 4) is 5.75 Å². The minimum absolute atomic E-state index is 0.171. The topological polar surface area (TPSA) is 85.9 Å². The first-order valence-corrected chi connectivity index (χ1v) is 13.8. The Morgan fingerprint density at radius 3 is 2.02 bits per heavy atom. The van der Waals surface area contributed by atoms with E-state index in [0.29, 0.717) is 23.5 Å². The van der Waals surface area contributed by atoms with E-state index in [-0.39, 0.29) is 11.9 Å². The summed E-state index contributed by atoms with van der Waals surface area (Å²) in [5.41, 5.74) is 4.83. The molecule has 4 aromatic rings. The van der Waals surface area contributed by atoms with Crippen molar-refractivity contribution < 1.29 is 14.3 Å². The molecule has 41 heavy (non-hydrogen) atoms. The van der Waals surface area contributed by atoms with Crippen LogP contribution in [0, 0.1) is 0 Å². The van der Waals surface area contributed by atoms with Crippen molar-refractivity contribution in [2.24, 2.45) is 0 Å². The third-order valence-corrected chi connectivity index (χ3v) is 7.12. The average Bonchev–Trinajstić information content (AvgIpc) is 3.02. The second-order valence-electron chi connectivity index (χ2n) is 9.81. The highest BCUT2D eigenvalue weighted by Crippen LogP contribution is 2.31. The highest BCUT2D eigenvalue weighted by atomic mass is 16.5. The number of para-hydroxylation sites is 3. The lowest BCUT2D eigenvalue weighted by molar-refractivity contribution is 0.0954. The molecule has 0 aliphatic carbocycles. The number of piperazine rings is 1. The van der Waals surface area contributed by atoms with Gasteiger partial charge in [0.2, 0.25) is 0 Å². The summed E-state index contributed by atoms with van der Waals surface area (Å²) in [4.78, 5) is 30.7. The van der Waals surface area contributed by atoms with Crippen LogP contribution in [-0.4, -0.2) is 51.8 Å². The molecule has 0 atom stereocenters. The third-order valence-electron chi connectivity index (χ3n) is 7.12. The molecule has 0 radical (unpaired) electrons. The van der Waals surface area contributed by atoms with Crippen molar-refractivity contribution in [2.45, 2.75) is 6.42 Å². The Morgan fingerprint density at radius 2 is 1.32 bits per heavy atom. The van der Waals surface area contributed by atoms with Crippen molar-refractivity contribution in [3.05, 3.63) is 114 Å². The first-order valence-electron chi connectivity index (χ1n) is 13.8. The number of amides is 3. The number of carbonyl (C=O) groups is 2. The maximum absolute atomic E-state index is 13.5. The number of anilines is 4. The zero-order valence-corrected chi connectivity index (χ0v) is 23.2. The molecule has 8 heteroatoms. The fourth-order valence-corrected chi connectivity index (χ4v) is 5.03. The van der Waals surface area contributed by atoms with Crippen LogP contribution >= 0.6 is 0 Å². The number of carbonyl (C=O) groups excluding carboxylic acids is 2. The molecule has 1 aliphatic rings. The first-order chi connectivity index (χ1) is 20.1. The largest absolute Gasteiger partial charge is 0.495 e. The number of urea groups is 1. The number of nitrogens with one attached hydrogen (secondary N) is 3. The molecule has 3 amide bonds. The molecule has 5 rings (SSSR count). The highest BCUT2D eigenvalue weighted by molar-refractivity contribution is 6.04. The van der Waals surface area contributed by atoms with Gasteiger partial charge in [-0.05, 0) is 54.4 Å². The van der Waals surface area contributed by atoms with E-state index in [9.17, 15) is 9.59 Å². The van der Waals surface area contributed by atoms with E-state index >= 15 is 0 Å². The van der Waals surface area contributed by atoms with E-state index in [2.05, 4.69) is 43.9 Å². The lowest BCUT2D eigenvalue weighted by Crippen LogP contribution is -2.47. The van der Waals surface area contributed by atoms with E-state index in [0.717, 1.165) is 55.3 Å². The molecule has 0 spiro atoms. The SMILES string of the molecule is COc1ccccc1N1CCN(c2ccc(NC(=O)Nc3ccccc3)cc2C(=O)NCCc2ccccc2)CC1. The van der Waals surface area contributed by atoms with Gasteiger partial charge < -0.3 is 30.5 Å². The fourth-order valence-electron chi connectivity index (χ4n) is 5.03. The molecule has 1 fully saturated rings. The molecular formula is C33H35N5O3. The number of nitrogens with zero attached hydrogens (tertiary/aromatic N) is 2. The molecule has 210 valence electrons. The van der Waals surface area contributed by atoms with Crippen LogP contribution in [0.5, 0.6) is 5.75 Å². The van der Waals surface area contributed by atoms with Gasteiger partial charge in [-0.2, -0.15) is 0 Å². The minimum atomic E-state index is -0.371. The predicted molar refractivity (Wildman–Crippen MR) is 165 cm³/mol. The molecule has 8 nitrogen and oxygen atoms in total. The summed E-state index contributed by atoms with van der Waals surface area (Å²) in [6.45, 7) is 3.56. The Kier molecular flexibility index (Phi) is 9.01. The lowest BCUT2D eigenvalue weighted by Gasteiger charge is -2.38. The van der Waals surface area contributed by atoms with Gasteiger partial charge in [-0.3, -0.25) is 4.79 Å². The number of hydrogen-bond acceptors (Lipinski definition) is 5. The van der Waals surface area contributed by atoms with Crippen molar-refractivity contribution >= 4 is 34.7 Å². The summed E-state index contributed by atoms with van der Waals surface area (Å²) in [6.07, 6.45) is 0.733. The van der Waals surface area contributed by atoms with Crippen LogP contribution in [0.1, 0.15) is 15.9 Å². The Morgan fingerprint density at radius 1 is 0.707 bits per heavy atom. The number of ether oxygens (including phenoxy) is 1. The van der Waals surface area contributed by atoms with Crippen LogP contribution in [0.15, 0.2) is 103 Å². The molecule has 0 aromatic heterocycles. The zero-order valence-electron chi connectivity index (χ0n) is 23.2. The number of hydrogen-bond donors (Lipinski definition) is 3. The zero-order chi connectivity index (χ0) is 28.4. The maximum Gasteiger partial charge on any atom is 0.323 e. The monoisotopic (exact) mass is 549 g/mol. The van der Waals surface area contributed by atoms with Gasteiger partial charge in [0.1, 0.15) is 5.75 Å². The number of methoxy groups -OCH3 is 1. The van der Waals surface area contributed by atoms with Crippen molar-refractivity contribution in [3.63, 3.8) is 0 Å². The minimum Gasteiger partial charge on any atom is -0.495 e. The second kappa shape index (κ2) is 13.4. The second-order valence-corrected chi connectivity index (χ2v) is 9.81. The Balaban J connectivity index is 1.31. The summed E-state index contributed by atoms with van der Waals surface area (Å²) in [6, 6.07) is 32.5. The van der Waals surface area contributed by atoms with Crippen LogP contribution in [0.2, 0.25) is 0 Å². The molecule has 1 heterocycles. The third kappa shape index (κ3) is 7.16. The molecule has 0 saturated carbocycles. The molecule has 4 aromatic carbocycles.